The maximum Gasteiger partial charge on any atom is 0.303 e. The normalized spacial score (nSPS) is 9.13. The first-order chi connectivity index (χ1) is 11.1. The second-order valence-electron chi connectivity index (χ2n) is 4.56. The molecule has 122 valence electrons. The van der Waals surface area contributed by atoms with E-state index in [1.54, 1.807) is 7.11 Å². The molecule has 0 radical (unpaired) electrons. The van der Waals surface area contributed by atoms with Gasteiger partial charge in [0.15, 0.2) is 6.61 Å². The summed E-state index contributed by atoms with van der Waals surface area (Å²) in [5, 5.41) is 2.63. The molecule has 2 rings (SSSR count). The molecule has 0 aliphatic carbocycles. The Morgan fingerprint density at radius 1 is 0.957 bits per heavy atom. The molecule has 0 fully saturated rings. The van der Waals surface area contributed by atoms with Gasteiger partial charge in [0, 0.05) is 13.5 Å². The number of benzene rings is 2. The van der Waals surface area contributed by atoms with Gasteiger partial charge in [0.2, 0.25) is 0 Å². The van der Waals surface area contributed by atoms with Crippen molar-refractivity contribution < 1.29 is 19.1 Å². The Balaban J connectivity index is 0.000000366. The smallest absolute Gasteiger partial charge is 0.303 e. The van der Waals surface area contributed by atoms with Crippen molar-refractivity contribution in [1.82, 2.24) is 5.32 Å². The van der Waals surface area contributed by atoms with E-state index in [9.17, 15) is 9.59 Å². The van der Waals surface area contributed by atoms with E-state index in [1.165, 1.54) is 6.92 Å². The summed E-state index contributed by atoms with van der Waals surface area (Å²) < 4.78 is 9.57. The minimum atomic E-state index is -0.468. The van der Waals surface area contributed by atoms with Gasteiger partial charge in [0.1, 0.15) is 5.75 Å². The lowest BCUT2D eigenvalue weighted by Crippen LogP contribution is -2.27. The van der Waals surface area contributed by atoms with Crippen LogP contribution in [0.5, 0.6) is 5.75 Å². The molecule has 0 heterocycles. The average molecular weight is 315 g/mol. The van der Waals surface area contributed by atoms with E-state index in [4.69, 9.17) is 4.74 Å². The Hall–Kier alpha value is -2.82. The van der Waals surface area contributed by atoms with Crippen molar-refractivity contribution in [3.8, 4) is 5.75 Å². The molecule has 0 aliphatic rings. The molecule has 5 heteroatoms. The Kier molecular flexibility index (Phi) is 8.59. The molecule has 0 aliphatic heterocycles. The van der Waals surface area contributed by atoms with Gasteiger partial charge in [-0.25, -0.2) is 0 Å². The molecule has 23 heavy (non-hydrogen) atoms. The fourth-order valence-corrected chi connectivity index (χ4v) is 1.55. The highest BCUT2D eigenvalue weighted by Gasteiger charge is 2.03. The molecular formula is C18H21NO4. The number of amides is 1. The van der Waals surface area contributed by atoms with Gasteiger partial charge in [-0.1, -0.05) is 48.5 Å². The van der Waals surface area contributed by atoms with Crippen LogP contribution in [-0.2, 0) is 20.9 Å². The summed E-state index contributed by atoms with van der Waals surface area (Å²) in [4.78, 5) is 21.7. The van der Waals surface area contributed by atoms with E-state index >= 15 is 0 Å². The summed E-state index contributed by atoms with van der Waals surface area (Å²) in [6.45, 7) is 1.41. The summed E-state index contributed by atoms with van der Waals surface area (Å²) in [6.07, 6.45) is 0. The van der Waals surface area contributed by atoms with Crippen LogP contribution in [-0.4, -0.2) is 25.6 Å². The van der Waals surface area contributed by atoms with Crippen molar-refractivity contribution in [1.29, 1.82) is 0 Å². The summed E-state index contributed by atoms with van der Waals surface area (Å²) in [5.74, 6) is -0.0272. The second-order valence-corrected chi connectivity index (χ2v) is 4.56. The third kappa shape index (κ3) is 8.93. The molecule has 0 saturated carbocycles. The highest BCUT2D eigenvalue weighted by molar-refractivity contribution is 5.79. The van der Waals surface area contributed by atoms with Gasteiger partial charge in [-0.15, -0.1) is 0 Å². The van der Waals surface area contributed by atoms with Crippen LogP contribution in [0.4, 0.5) is 0 Å². The van der Waals surface area contributed by atoms with Gasteiger partial charge in [0.25, 0.3) is 5.91 Å². The van der Waals surface area contributed by atoms with Gasteiger partial charge >= 0.3 is 5.97 Å². The third-order valence-electron chi connectivity index (χ3n) is 2.72. The Bertz CT molecular complexity index is 555. The van der Waals surface area contributed by atoms with Crippen LogP contribution in [0.3, 0.4) is 0 Å². The molecule has 0 spiro atoms. The largest absolute Gasteiger partial charge is 0.497 e. The molecule has 1 amide bonds. The molecule has 0 saturated heterocycles. The van der Waals surface area contributed by atoms with E-state index in [2.05, 4.69) is 10.1 Å². The minimum absolute atomic E-state index is 0.245. The second kappa shape index (κ2) is 10.8. The maximum absolute atomic E-state index is 11.2. The van der Waals surface area contributed by atoms with Crippen LogP contribution in [0.15, 0.2) is 60.7 Å². The number of hydrogen-bond acceptors (Lipinski definition) is 4. The van der Waals surface area contributed by atoms with Crippen molar-refractivity contribution in [2.24, 2.45) is 0 Å². The first kappa shape index (κ1) is 18.2. The van der Waals surface area contributed by atoms with Crippen molar-refractivity contribution in [2.45, 2.75) is 13.5 Å². The summed E-state index contributed by atoms with van der Waals surface area (Å²) in [7, 11) is 1.59. The van der Waals surface area contributed by atoms with Crippen LogP contribution in [0.2, 0.25) is 0 Å². The van der Waals surface area contributed by atoms with E-state index in [0.29, 0.717) is 6.54 Å². The molecule has 5 nitrogen and oxygen atoms in total. The molecule has 1 N–H and O–H groups in total. The average Bonchev–Trinajstić information content (AvgIpc) is 2.60. The molecule has 0 bridgehead atoms. The molecule has 0 unspecified atom stereocenters. The van der Waals surface area contributed by atoms with Gasteiger partial charge in [-0.05, 0) is 17.7 Å². The van der Waals surface area contributed by atoms with Crippen LogP contribution in [0.1, 0.15) is 12.5 Å². The lowest BCUT2D eigenvalue weighted by atomic mass is 10.2. The predicted octanol–water partition coefficient (Wildman–Crippen LogP) is 2.56. The lowest BCUT2D eigenvalue weighted by Gasteiger charge is -2.06. The highest BCUT2D eigenvalue weighted by atomic mass is 16.5. The zero-order valence-corrected chi connectivity index (χ0v) is 13.3. The Morgan fingerprint density at radius 2 is 1.48 bits per heavy atom. The number of ether oxygens (including phenoxy) is 2. The van der Waals surface area contributed by atoms with Crippen molar-refractivity contribution in [3.05, 3.63) is 66.2 Å². The summed E-state index contributed by atoms with van der Waals surface area (Å²) >= 11 is 0. The minimum Gasteiger partial charge on any atom is -0.497 e. The number of carbonyl (C=O) groups excluding carboxylic acids is 2. The van der Waals surface area contributed by atoms with Gasteiger partial charge in [-0.3, -0.25) is 9.59 Å². The Labute approximate surface area is 136 Å². The predicted molar refractivity (Wildman–Crippen MR) is 87.9 cm³/mol. The third-order valence-corrected chi connectivity index (χ3v) is 2.72. The fraction of sp³-hybridized carbons (Fsp3) is 0.222. The van der Waals surface area contributed by atoms with E-state index < -0.39 is 5.97 Å². The zero-order valence-electron chi connectivity index (χ0n) is 13.3. The van der Waals surface area contributed by atoms with Crippen LogP contribution in [0.25, 0.3) is 0 Å². The summed E-state index contributed by atoms with van der Waals surface area (Å²) in [5.41, 5.74) is 0.946. The first-order valence-corrected chi connectivity index (χ1v) is 7.15. The number of carbonyl (C=O) groups is 2. The number of methoxy groups -OCH3 is 1. The van der Waals surface area contributed by atoms with Crippen LogP contribution < -0.4 is 10.1 Å². The molecular weight excluding hydrogens is 294 g/mol. The topological polar surface area (TPSA) is 64.6 Å². The van der Waals surface area contributed by atoms with E-state index in [-0.39, 0.29) is 12.5 Å². The van der Waals surface area contributed by atoms with Gasteiger partial charge in [-0.2, -0.15) is 0 Å². The number of nitrogens with one attached hydrogen (secondary N) is 1. The monoisotopic (exact) mass is 315 g/mol. The molecule has 2 aromatic rings. The molecule has 0 atom stereocenters. The lowest BCUT2D eigenvalue weighted by molar-refractivity contribution is -0.146. The maximum atomic E-state index is 11.2. The molecule has 2 aromatic carbocycles. The SMILES string of the molecule is COc1ccc(CNC(=O)COC(C)=O)cc1.c1ccccc1. The standard InChI is InChI=1S/C12H15NO4.C6H6/c1-9(14)17-8-12(15)13-7-10-3-5-11(16-2)6-4-10;1-2-4-6-5-3-1/h3-6H,7-8H2,1-2H3,(H,13,15);1-6H. The number of rotatable bonds is 5. The van der Waals surface area contributed by atoms with Crippen molar-refractivity contribution in [3.63, 3.8) is 0 Å². The van der Waals surface area contributed by atoms with Crippen LogP contribution >= 0.6 is 0 Å². The van der Waals surface area contributed by atoms with Crippen LogP contribution in [0, 0.1) is 0 Å². The summed E-state index contributed by atoms with van der Waals surface area (Å²) in [6, 6.07) is 19.3. The quantitative estimate of drug-likeness (QED) is 0.861. The zero-order chi connectivity index (χ0) is 16.9. The fourth-order valence-electron chi connectivity index (χ4n) is 1.55. The van der Waals surface area contributed by atoms with E-state index in [1.807, 2.05) is 60.7 Å². The van der Waals surface area contributed by atoms with Crippen molar-refractivity contribution in [2.75, 3.05) is 13.7 Å². The first-order valence-electron chi connectivity index (χ1n) is 7.15. The highest BCUT2D eigenvalue weighted by Crippen LogP contribution is 2.10. The van der Waals surface area contributed by atoms with Gasteiger partial charge < -0.3 is 14.8 Å². The van der Waals surface area contributed by atoms with E-state index in [0.717, 1.165) is 11.3 Å². The molecule has 0 aromatic heterocycles. The Morgan fingerprint density at radius 3 is 1.91 bits per heavy atom. The van der Waals surface area contributed by atoms with Crippen molar-refractivity contribution >= 4 is 11.9 Å². The van der Waals surface area contributed by atoms with Gasteiger partial charge in [0.05, 0.1) is 7.11 Å². The number of esters is 1. The number of hydrogen-bond donors (Lipinski definition) is 1.